The molecule has 1 saturated heterocycles. The number of hydrogen-bond donors (Lipinski definition) is 1. The Morgan fingerprint density at radius 1 is 1.33 bits per heavy atom. The highest BCUT2D eigenvalue weighted by Crippen LogP contribution is 2.36. The third-order valence-electron chi connectivity index (χ3n) is 4.18. The fourth-order valence-electron chi connectivity index (χ4n) is 3.08. The van der Waals surface area contributed by atoms with Crippen LogP contribution in [-0.4, -0.2) is 33.4 Å². The van der Waals surface area contributed by atoms with Gasteiger partial charge in [0, 0.05) is 17.8 Å². The minimum Gasteiger partial charge on any atom is -0.476 e. The molecule has 1 aliphatic heterocycles. The fourth-order valence-corrected chi connectivity index (χ4v) is 4.02. The molecule has 1 N–H and O–H groups in total. The maximum absolute atomic E-state index is 12.7. The maximum Gasteiger partial charge on any atom is 0.355 e. The van der Waals surface area contributed by atoms with Gasteiger partial charge in [0.25, 0.3) is 0 Å². The van der Waals surface area contributed by atoms with E-state index in [-0.39, 0.29) is 23.6 Å². The number of amides is 1. The second-order valence-electron chi connectivity index (χ2n) is 5.55. The molecule has 1 aromatic heterocycles. The van der Waals surface area contributed by atoms with E-state index in [1.165, 1.54) is 11.3 Å². The van der Waals surface area contributed by atoms with Gasteiger partial charge in [-0.3, -0.25) is 4.79 Å². The lowest BCUT2D eigenvalue weighted by atomic mass is 9.93. The molecule has 0 bridgehead atoms. The summed E-state index contributed by atoms with van der Waals surface area (Å²) in [6, 6.07) is -0.0403. The van der Waals surface area contributed by atoms with Gasteiger partial charge in [0.05, 0.1) is 6.04 Å². The highest BCUT2D eigenvalue weighted by molar-refractivity contribution is 7.09. The maximum atomic E-state index is 12.7. The Bertz CT molecular complexity index is 581. The molecule has 2 aliphatic rings. The Kier molecular flexibility index (Phi) is 4.05. The van der Waals surface area contributed by atoms with Crippen LogP contribution in [0.4, 0.5) is 0 Å². The summed E-state index contributed by atoms with van der Waals surface area (Å²) in [5.74, 6) is -0.728. The summed E-state index contributed by atoms with van der Waals surface area (Å²) < 4.78 is 0. The summed E-state index contributed by atoms with van der Waals surface area (Å²) in [7, 11) is 0. The zero-order valence-corrected chi connectivity index (χ0v) is 12.5. The second-order valence-corrected chi connectivity index (χ2v) is 6.44. The average molecular weight is 306 g/mol. The van der Waals surface area contributed by atoms with Gasteiger partial charge in [0.2, 0.25) is 5.91 Å². The van der Waals surface area contributed by atoms with E-state index in [1.807, 2.05) is 4.90 Å². The van der Waals surface area contributed by atoms with Crippen LogP contribution in [-0.2, 0) is 4.79 Å². The van der Waals surface area contributed by atoms with Crippen LogP contribution in [0.15, 0.2) is 17.5 Å². The van der Waals surface area contributed by atoms with Crippen LogP contribution in [0.5, 0.6) is 0 Å². The molecular formula is C15H18N2O3S. The topological polar surface area (TPSA) is 70.5 Å². The molecule has 0 radical (unpaired) electrons. The average Bonchev–Trinajstić information content (AvgIpc) is 3.16. The van der Waals surface area contributed by atoms with Crippen molar-refractivity contribution in [2.24, 2.45) is 5.92 Å². The Morgan fingerprint density at radius 3 is 2.86 bits per heavy atom. The first-order valence-electron chi connectivity index (χ1n) is 7.31. The first kappa shape index (κ1) is 14.3. The van der Waals surface area contributed by atoms with E-state index in [0.29, 0.717) is 0 Å². The molecule has 0 spiro atoms. The molecule has 2 heterocycles. The lowest BCUT2D eigenvalue weighted by molar-refractivity contribution is -0.136. The smallest absolute Gasteiger partial charge is 0.355 e. The first-order chi connectivity index (χ1) is 10.2. The molecular weight excluding hydrogens is 288 g/mol. The van der Waals surface area contributed by atoms with Gasteiger partial charge in [0.1, 0.15) is 5.01 Å². The summed E-state index contributed by atoms with van der Waals surface area (Å²) in [5, 5.41) is 11.3. The lowest BCUT2D eigenvalue weighted by Gasteiger charge is -2.28. The van der Waals surface area contributed by atoms with Crippen molar-refractivity contribution < 1.29 is 14.7 Å². The van der Waals surface area contributed by atoms with E-state index in [4.69, 9.17) is 5.11 Å². The van der Waals surface area contributed by atoms with E-state index in [9.17, 15) is 9.59 Å². The number of allylic oxidation sites excluding steroid dienone is 2. The fraction of sp³-hybridized carbons (Fsp3) is 0.533. The zero-order valence-electron chi connectivity index (χ0n) is 11.7. The van der Waals surface area contributed by atoms with Crippen LogP contribution in [0.3, 0.4) is 0 Å². The normalized spacial score (nSPS) is 25.2. The summed E-state index contributed by atoms with van der Waals surface area (Å²) in [6.45, 7) is 0.756. The zero-order chi connectivity index (χ0) is 14.8. The minimum absolute atomic E-state index is 0.0403. The predicted octanol–water partition coefficient (Wildman–Crippen LogP) is 2.86. The lowest BCUT2D eigenvalue weighted by Crippen LogP contribution is -2.36. The Balaban J connectivity index is 1.76. The number of carboxylic acids is 1. The van der Waals surface area contributed by atoms with Gasteiger partial charge < -0.3 is 10.0 Å². The molecule has 3 rings (SSSR count). The van der Waals surface area contributed by atoms with E-state index < -0.39 is 5.97 Å². The summed E-state index contributed by atoms with van der Waals surface area (Å²) in [4.78, 5) is 29.7. The largest absolute Gasteiger partial charge is 0.476 e. The molecule has 1 fully saturated rings. The van der Waals surface area contributed by atoms with Crippen molar-refractivity contribution in [1.29, 1.82) is 0 Å². The van der Waals surface area contributed by atoms with Crippen LogP contribution >= 0.6 is 11.3 Å². The Morgan fingerprint density at radius 2 is 2.19 bits per heavy atom. The van der Waals surface area contributed by atoms with Crippen LogP contribution < -0.4 is 0 Å². The highest BCUT2D eigenvalue weighted by Gasteiger charge is 2.35. The third-order valence-corrected chi connectivity index (χ3v) is 5.13. The third kappa shape index (κ3) is 2.85. The van der Waals surface area contributed by atoms with Gasteiger partial charge in [-0.05, 0) is 32.1 Å². The molecule has 5 nitrogen and oxygen atoms in total. The molecule has 1 aliphatic carbocycles. The molecule has 112 valence electrons. The van der Waals surface area contributed by atoms with E-state index in [0.717, 1.165) is 43.7 Å². The second kappa shape index (κ2) is 5.97. The van der Waals surface area contributed by atoms with Gasteiger partial charge in [-0.25, -0.2) is 9.78 Å². The first-order valence-corrected chi connectivity index (χ1v) is 8.19. The number of carbonyl (C=O) groups is 2. The van der Waals surface area contributed by atoms with Crippen molar-refractivity contribution in [2.45, 2.75) is 38.1 Å². The quantitative estimate of drug-likeness (QED) is 0.872. The number of nitrogens with zero attached hydrogens (tertiary/aromatic N) is 2. The van der Waals surface area contributed by atoms with Crippen molar-refractivity contribution in [2.75, 3.05) is 6.54 Å². The van der Waals surface area contributed by atoms with Crippen molar-refractivity contribution >= 4 is 23.2 Å². The number of thiazole rings is 1. The minimum atomic E-state index is -1.01. The van der Waals surface area contributed by atoms with E-state index in [2.05, 4.69) is 17.1 Å². The number of rotatable bonds is 3. The van der Waals surface area contributed by atoms with Crippen LogP contribution in [0.2, 0.25) is 0 Å². The number of aromatic carboxylic acids is 1. The number of aromatic nitrogens is 1. The predicted molar refractivity (Wildman–Crippen MR) is 79.2 cm³/mol. The molecule has 6 heteroatoms. The van der Waals surface area contributed by atoms with Crippen molar-refractivity contribution in [3.63, 3.8) is 0 Å². The summed E-state index contributed by atoms with van der Waals surface area (Å²) in [5.41, 5.74) is 0.0786. The molecule has 0 saturated carbocycles. The van der Waals surface area contributed by atoms with Gasteiger partial charge in [-0.1, -0.05) is 12.2 Å². The molecule has 0 unspecified atom stereocenters. The summed E-state index contributed by atoms with van der Waals surface area (Å²) in [6.07, 6.45) is 8.75. The van der Waals surface area contributed by atoms with E-state index in [1.54, 1.807) is 5.38 Å². The van der Waals surface area contributed by atoms with Crippen molar-refractivity contribution in [3.05, 3.63) is 28.2 Å². The van der Waals surface area contributed by atoms with Gasteiger partial charge >= 0.3 is 5.97 Å². The molecule has 21 heavy (non-hydrogen) atoms. The van der Waals surface area contributed by atoms with Crippen LogP contribution in [0.1, 0.15) is 53.6 Å². The highest BCUT2D eigenvalue weighted by atomic mass is 32.1. The van der Waals surface area contributed by atoms with Gasteiger partial charge in [0.15, 0.2) is 5.69 Å². The van der Waals surface area contributed by atoms with E-state index >= 15 is 0 Å². The Hall–Kier alpha value is -1.69. The Labute approximate surface area is 127 Å². The van der Waals surface area contributed by atoms with Crippen LogP contribution in [0.25, 0.3) is 0 Å². The molecule has 1 amide bonds. The molecule has 2 atom stereocenters. The monoisotopic (exact) mass is 306 g/mol. The van der Waals surface area contributed by atoms with Crippen LogP contribution in [0, 0.1) is 5.92 Å². The summed E-state index contributed by atoms with van der Waals surface area (Å²) >= 11 is 1.34. The van der Waals surface area contributed by atoms with Gasteiger partial charge in [-0.15, -0.1) is 11.3 Å². The number of carbonyl (C=O) groups excluding carboxylic acids is 1. The standard InChI is InChI=1S/C15H18N2O3S/c18-14(10-5-2-1-3-6-10)17-8-4-7-12(17)13-16-11(9-21-13)15(19)20/h1-2,9-10,12H,3-8H2,(H,19,20)/t10-,12-/m0/s1. The number of likely N-dealkylation sites (tertiary alicyclic amines) is 1. The van der Waals surface area contributed by atoms with Crippen molar-refractivity contribution in [3.8, 4) is 0 Å². The van der Waals surface area contributed by atoms with Crippen molar-refractivity contribution in [1.82, 2.24) is 9.88 Å². The van der Waals surface area contributed by atoms with Gasteiger partial charge in [-0.2, -0.15) is 0 Å². The molecule has 1 aromatic rings. The SMILES string of the molecule is O=C(O)c1csc([C@@H]2CCCN2C(=O)[C@H]2CC=CCC2)n1. The number of hydrogen-bond acceptors (Lipinski definition) is 4. The number of carboxylic acid groups (broad SMARTS) is 1. The molecule has 0 aromatic carbocycles.